The monoisotopic (exact) mass is 408 g/mol. The van der Waals surface area contributed by atoms with Gasteiger partial charge in [-0.2, -0.15) is 0 Å². The van der Waals surface area contributed by atoms with Crippen LogP contribution in [-0.4, -0.2) is 29.7 Å². The van der Waals surface area contributed by atoms with Crippen LogP contribution in [0.5, 0.6) is 5.75 Å². The Morgan fingerprint density at radius 1 is 1.15 bits per heavy atom. The maximum absolute atomic E-state index is 6.47. The fraction of sp³-hybridized carbons (Fsp3) is 0.619. The van der Waals surface area contributed by atoms with Gasteiger partial charge in [0.1, 0.15) is 5.75 Å². The molecule has 0 spiro atoms. The first kappa shape index (κ1) is 24.0. The van der Waals surface area contributed by atoms with Crippen LogP contribution in [0.25, 0.3) is 0 Å². The van der Waals surface area contributed by atoms with Crippen molar-refractivity contribution in [1.82, 2.24) is 0 Å². The zero-order valence-corrected chi connectivity index (χ0v) is 20.4. The lowest BCUT2D eigenvalue weighted by Crippen LogP contribution is -2.58. The summed E-state index contributed by atoms with van der Waals surface area (Å²) in [6.07, 6.45) is 1.02. The Morgan fingerprint density at radius 2 is 1.74 bits per heavy atom. The van der Waals surface area contributed by atoms with Crippen LogP contribution in [-0.2, 0) is 4.84 Å². The largest absolute Gasteiger partial charge is 0.539 e. The molecule has 6 heteroatoms. The van der Waals surface area contributed by atoms with Gasteiger partial charge in [-0.25, -0.2) is 0 Å². The first-order valence-electron chi connectivity index (χ1n) is 10.2. The highest BCUT2D eigenvalue weighted by molar-refractivity contribution is 6.85. The van der Waals surface area contributed by atoms with Crippen molar-refractivity contribution in [1.29, 1.82) is 0 Å². The summed E-state index contributed by atoms with van der Waals surface area (Å²) >= 11 is 0. The molecule has 0 aliphatic carbocycles. The number of benzene rings is 1. The summed E-state index contributed by atoms with van der Waals surface area (Å²) in [4.78, 5) is 6.37. The van der Waals surface area contributed by atoms with E-state index in [1.165, 1.54) is 0 Å². The summed E-state index contributed by atoms with van der Waals surface area (Å²) in [5.41, 5.74) is 9.98. The summed E-state index contributed by atoms with van der Waals surface area (Å²) in [7, 11) is -4.02. The average Bonchev–Trinajstić information content (AvgIpc) is 2.61. The number of hydrogen-bond donors (Lipinski definition) is 1. The lowest BCUT2D eigenvalue weighted by atomic mass is 10.3. The SMILES string of the molecule is C=C[Si](C)(C)Oc1ccccc1N(OCC)[Si](CCCN)(C(C)C)C(C)C. The van der Waals surface area contributed by atoms with E-state index in [4.69, 9.17) is 15.0 Å². The minimum absolute atomic E-state index is 0.522. The van der Waals surface area contributed by atoms with Gasteiger partial charge in [0.25, 0.3) is 8.32 Å². The molecule has 4 nitrogen and oxygen atoms in total. The van der Waals surface area contributed by atoms with Crippen molar-refractivity contribution in [3.8, 4) is 5.75 Å². The van der Waals surface area contributed by atoms with Gasteiger partial charge < -0.3 is 10.2 Å². The lowest BCUT2D eigenvalue weighted by Gasteiger charge is -2.48. The molecule has 0 saturated heterocycles. The zero-order valence-electron chi connectivity index (χ0n) is 18.4. The topological polar surface area (TPSA) is 47.7 Å². The van der Waals surface area contributed by atoms with Gasteiger partial charge in [0.15, 0.2) is 8.24 Å². The van der Waals surface area contributed by atoms with E-state index >= 15 is 0 Å². The molecule has 0 unspecified atom stereocenters. The number of para-hydroxylation sites is 2. The van der Waals surface area contributed by atoms with Gasteiger partial charge in [0.2, 0.25) is 0 Å². The summed E-state index contributed by atoms with van der Waals surface area (Å²) in [5.74, 6) is 0.897. The van der Waals surface area contributed by atoms with E-state index < -0.39 is 16.6 Å². The summed E-state index contributed by atoms with van der Waals surface area (Å²) in [5, 5.41) is 0. The van der Waals surface area contributed by atoms with Crippen LogP contribution in [0.4, 0.5) is 5.69 Å². The van der Waals surface area contributed by atoms with E-state index in [1.807, 2.05) is 11.8 Å². The van der Waals surface area contributed by atoms with Gasteiger partial charge in [-0.1, -0.05) is 45.5 Å². The third kappa shape index (κ3) is 5.70. The molecule has 0 heterocycles. The Hall–Kier alpha value is -1.09. The van der Waals surface area contributed by atoms with E-state index in [2.05, 4.69) is 77.2 Å². The standard InChI is InChI=1S/C21H40N2O2Si2/c1-9-24-23(27(18(3)4,19(5)6)17-13-16-22)20-14-11-12-15-21(20)25-26(7,8)10-2/h10-12,14-15,18-19H,2,9,13,16-17,22H2,1,3-8H3. The second kappa shape index (κ2) is 10.5. The van der Waals surface area contributed by atoms with E-state index in [9.17, 15) is 0 Å². The molecular formula is C21H40N2O2Si2. The molecule has 154 valence electrons. The Kier molecular flexibility index (Phi) is 9.28. The van der Waals surface area contributed by atoms with Crippen molar-refractivity contribution >= 4 is 22.2 Å². The second-order valence-corrected chi connectivity index (χ2v) is 17.3. The van der Waals surface area contributed by atoms with E-state index in [0.29, 0.717) is 24.2 Å². The first-order valence-corrected chi connectivity index (χ1v) is 15.5. The third-order valence-electron chi connectivity index (χ3n) is 5.37. The fourth-order valence-corrected chi connectivity index (χ4v) is 10.0. The Labute approximate surface area is 168 Å². The van der Waals surface area contributed by atoms with Crippen LogP contribution in [0.15, 0.2) is 36.5 Å². The Balaban J connectivity index is 3.55. The maximum Gasteiger partial charge on any atom is 0.269 e. The minimum atomic E-state index is -2.04. The van der Waals surface area contributed by atoms with Crippen molar-refractivity contribution < 1.29 is 9.26 Å². The smallest absolute Gasteiger partial charge is 0.269 e. The van der Waals surface area contributed by atoms with Gasteiger partial charge in [-0.05, 0) is 62.2 Å². The molecule has 0 aliphatic heterocycles. The molecule has 0 aliphatic rings. The molecule has 0 fully saturated rings. The quantitative estimate of drug-likeness (QED) is 0.347. The highest BCUT2D eigenvalue weighted by atomic mass is 28.4. The summed E-state index contributed by atoms with van der Waals surface area (Å²) in [6.45, 7) is 21.0. The summed E-state index contributed by atoms with van der Waals surface area (Å²) < 4.78 is 8.73. The Bertz CT molecular complexity index is 583. The van der Waals surface area contributed by atoms with Crippen molar-refractivity contribution in [2.24, 2.45) is 5.73 Å². The zero-order chi connectivity index (χ0) is 20.7. The van der Waals surface area contributed by atoms with Gasteiger partial charge >= 0.3 is 0 Å². The predicted molar refractivity (Wildman–Crippen MR) is 123 cm³/mol. The highest BCUT2D eigenvalue weighted by Gasteiger charge is 2.47. The van der Waals surface area contributed by atoms with Gasteiger partial charge in [0, 0.05) is 0 Å². The van der Waals surface area contributed by atoms with Crippen LogP contribution in [0, 0.1) is 0 Å². The van der Waals surface area contributed by atoms with Gasteiger partial charge in [-0.15, -0.1) is 6.58 Å². The lowest BCUT2D eigenvalue weighted by molar-refractivity contribution is 0.153. The number of hydrogen-bond acceptors (Lipinski definition) is 4. The molecule has 0 bridgehead atoms. The van der Waals surface area contributed by atoms with Crippen LogP contribution >= 0.6 is 0 Å². The van der Waals surface area contributed by atoms with E-state index in [-0.39, 0.29) is 0 Å². The fourth-order valence-electron chi connectivity index (χ4n) is 3.78. The van der Waals surface area contributed by atoms with Crippen molar-refractivity contribution in [2.45, 2.75) is 71.3 Å². The normalized spacial score (nSPS) is 12.5. The second-order valence-electron chi connectivity index (χ2n) is 8.28. The Morgan fingerprint density at radius 3 is 2.22 bits per heavy atom. The summed E-state index contributed by atoms with van der Waals surface area (Å²) in [6, 6.07) is 9.40. The molecule has 0 saturated carbocycles. The van der Waals surface area contributed by atoms with E-state index in [0.717, 1.165) is 23.9 Å². The molecule has 0 amide bonds. The molecule has 0 radical (unpaired) electrons. The first-order chi connectivity index (χ1) is 12.7. The molecular weight excluding hydrogens is 368 g/mol. The molecule has 2 N–H and O–H groups in total. The van der Waals surface area contributed by atoms with Crippen LogP contribution in [0.2, 0.25) is 30.2 Å². The molecule has 1 rings (SSSR count). The minimum Gasteiger partial charge on any atom is -0.539 e. The van der Waals surface area contributed by atoms with Crippen LogP contribution in [0.3, 0.4) is 0 Å². The molecule has 0 atom stereocenters. The number of nitrogens with zero attached hydrogens (tertiary/aromatic N) is 1. The predicted octanol–water partition coefficient (Wildman–Crippen LogP) is 5.87. The maximum atomic E-state index is 6.47. The van der Waals surface area contributed by atoms with Crippen molar-refractivity contribution in [2.75, 3.05) is 17.9 Å². The number of anilines is 1. The van der Waals surface area contributed by atoms with E-state index in [1.54, 1.807) is 0 Å². The van der Waals surface area contributed by atoms with Crippen molar-refractivity contribution in [3.05, 3.63) is 36.5 Å². The molecule has 1 aromatic rings. The average molecular weight is 409 g/mol. The highest BCUT2D eigenvalue weighted by Crippen LogP contribution is 2.45. The molecule has 27 heavy (non-hydrogen) atoms. The number of nitrogens with two attached hydrogens (primary N) is 1. The van der Waals surface area contributed by atoms with Gasteiger partial charge in [-0.3, -0.25) is 9.57 Å². The molecule has 0 aromatic heterocycles. The van der Waals surface area contributed by atoms with Crippen LogP contribution in [0.1, 0.15) is 41.0 Å². The van der Waals surface area contributed by atoms with Crippen molar-refractivity contribution in [3.63, 3.8) is 0 Å². The number of rotatable bonds is 12. The third-order valence-corrected chi connectivity index (χ3v) is 13.4. The molecule has 1 aromatic carbocycles. The van der Waals surface area contributed by atoms with Gasteiger partial charge in [0.05, 0.1) is 12.3 Å². The van der Waals surface area contributed by atoms with Crippen LogP contribution < -0.4 is 14.9 Å².